The lowest BCUT2D eigenvalue weighted by Gasteiger charge is -2.25. The Morgan fingerprint density at radius 1 is 1.00 bits per heavy atom. The van der Waals surface area contributed by atoms with Crippen LogP contribution in [-0.4, -0.2) is 23.9 Å². The number of rotatable bonds is 3. The fraction of sp³-hybridized carbons (Fsp3) is 0.350. The van der Waals surface area contributed by atoms with Crippen LogP contribution in [0, 0.1) is 17.5 Å². The van der Waals surface area contributed by atoms with Gasteiger partial charge in [0.25, 0.3) is 0 Å². The standard InChI is InChI=1S/C20H20F3NO/c21-17-7-4-14(5-8-17)16-3-1-2-10-24(13-16)20(25)11-15-6-9-18(22)12-19(15)23/h4-9,12,16H,1-3,10-11,13H2. The van der Waals surface area contributed by atoms with E-state index >= 15 is 0 Å². The minimum Gasteiger partial charge on any atom is -0.342 e. The van der Waals surface area contributed by atoms with E-state index in [1.807, 2.05) is 0 Å². The molecule has 0 aliphatic carbocycles. The molecule has 1 atom stereocenters. The summed E-state index contributed by atoms with van der Waals surface area (Å²) in [6, 6.07) is 9.65. The van der Waals surface area contributed by atoms with Gasteiger partial charge in [0.1, 0.15) is 17.5 Å². The van der Waals surface area contributed by atoms with Crippen molar-refractivity contribution in [2.45, 2.75) is 31.6 Å². The summed E-state index contributed by atoms with van der Waals surface area (Å²) in [4.78, 5) is 14.3. The van der Waals surface area contributed by atoms with Crippen LogP contribution < -0.4 is 0 Å². The maximum atomic E-state index is 13.8. The van der Waals surface area contributed by atoms with E-state index < -0.39 is 11.6 Å². The van der Waals surface area contributed by atoms with Crippen LogP contribution in [0.1, 0.15) is 36.3 Å². The molecule has 0 spiro atoms. The van der Waals surface area contributed by atoms with E-state index in [1.54, 1.807) is 17.0 Å². The highest BCUT2D eigenvalue weighted by Crippen LogP contribution is 2.27. The zero-order valence-electron chi connectivity index (χ0n) is 13.9. The third kappa shape index (κ3) is 4.41. The van der Waals surface area contributed by atoms with Crippen molar-refractivity contribution in [2.75, 3.05) is 13.1 Å². The summed E-state index contributed by atoms with van der Waals surface area (Å²) in [6.07, 6.45) is 2.72. The quantitative estimate of drug-likeness (QED) is 0.804. The van der Waals surface area contributed by atoms with Gasteiger partial charge in [0.05, 0.1) is 6.42 Å². The second-order valence-corrected chi connectivity index (χ2v) is 6.50. The van der Waals surface area contributed by atoms with Crippen molar-refractivity contribution in [3.05, 3.63) is 71.0 Å². The minimum absolute atomic E-state index is 0.0811. The Morgan fingerprint density at radius 3 is 2.44 bits per heavy atom. The molecule has 2 aromatic carbocycles. The van der Waals surface area contributed by atoms with Gasteiger partial charge in [0.2, 0.25) is 5.91 Å². The summed E-state index contributed by atoms with van der Waals surface area (Å²) in [5.74, 6) is -1.65. The van der Waals surface area contributed by atoms with Gasteiger partial charge in [-0.2, -0.15) is 0 Å². The lowest BCUT2D eigenvalue weighted by atomic mass is 9.94. The predicted molar refractivity (Wildman–Crippen MR) is 89.6 cm³/mol. The summed E-state index contributed by atoms with van der Waals surface area (Å²) in [6.45, 7) is 1.16. The van der Waals surface area contributed by atoms with Crippen LogP contribution in [0.5, 0.6) is 0 Å². The Labute approximate surface area is 145 Å². The third-order valence-corrected chi connectivity index (χ3v) is 4.72. The summed E-state index contributed by atoms with van der Waals surface area (Å²) in [5.41, 5.74) is 1.21. The SMILES string of the molecule is O=C(Cc1ccc(F)cc1F)N1CCCCC(c2ccc(F)cc2)C1. The smallest absolute Gasteiger partial charge is 0.227 e. The molecule has 1 fully saturated rings. The molecule has 2 aromatic rings. The average molecular weight is 347 g/mol. The number of carbonyl (C=O) groups excluding carboxylic acids is 1. The monoisotopic (exact) mass is 347 g/mol. The van der Waals surface area contributed by atoms with Gasteiger partial charge in [-0.15, -0.1) is 0 Å². The van der Waals surface area contributed by atoms with Crippen LogP contribution in [0.3, 0.4) is 0 Å². The minimum atomic E-state index is -0.696. The molecule has 0 bridgehead atoms. The van der Waals surface area contributed by atoms with Gasteiger partial charge in [-0.1, -0.05) is 24.6 Å². The fourth-order valence-electron chi connectivity index (χ4n) is 3.32. The summed E-state index contributed by atoms with van der Waals surface area (Å²) in [7, 11) is 0. The number of carbonyl (C=O) groups is 1. The number of benzene rings is 2. The Morgan fingerprint density at radius 2 is 1.72 bits per heavy atom. The normalized spacial score (nSPS) is 18.0. The van der Waals surface area contributed by atoms with Gasteiger partial charge in [0.15, 0.2) is 0 Å². The molecule has 1 unspecified atom stereocenters. The molecule has 25 heavy (non-hydrogen) atoms. The van der Waals surface area contributed by atoms with E-state index in [1.165, 1.54) is 18.2 Å². The highest BCUT2D eigenvalue weighted by molar-refractivity contribution is 5.79. The summed E-state index contributed by atoms with van der Waals surface area (Å²) >= 11 is 0. The average Bonchev–Trinajstić information content (AvgIpc) is 2.84. The summed E-state index contributed by atoms with van der Waals surface area (Å²) in [5, 5.41) is 0. The molecule has 1 saturated heterocycles. The maximum Gasteiger partial charge on any atom is 0.227 e. The van der Waals surface area contributed by atoms with Gasteiger partial charge in [-0.3, -0.25) is 4.79 Å². The summed E-state index contributed by atoms with van der Waals surface area (Å²) < 4.78 is 39.9. The van der Waals surface area contributed by atoms with Gasteiger partial charge >= 0.3 is 0 Å². The van der Waals surface area contributed by atoms with E-state index in [9.17, 15) is 18.0 Å². The molecular formula is C20H20F3NO. The number of amides is 1. The van der Waals surface area contributed by atoms with Crippen LogP contribution in [0.15, 0.2) is 42.5 Å². The topological polar surface area (TPSA) is 20.3 Å². The van der Waals surface area contributed by atoms with Crippen molar-refractivity contribution >= 4 is 5.91 Å². The molecule has 0 aromatic heterocycles. The second-order valence-electron chi connectivity index (χ2n) is 6.50. The third-order valence-electron chi connectivity index (χ3n) is 4.72. The van der Waals surface area contributed by atoms with Crippen LogP contribution >= 0.6 is 0 Å². The first-order valence-electron chi connectivity index (χ1n) is 8.50. The van der Waals surface area contributed by atoms with Crippen LogP contribution in [-0.2, 0) is 11.2 Å². The molecule has 2 nitrogen and oxygen atoms in total. The first kappa shape index (κ1) is 17.5. The molecule has 0 saturated carbocycles. The highest BCUT2D eigenvalue weighted by Gasteiger charge is 2.24. The molecule has 1 aliphatic heterocycles. The number of nitrogens with zero attached hydrogens (tertiary/aromatic N) is 1. The Kier molecular flexibility index (Phi) is 5.41. The van der Waals surface area contributed by atoms with Crippen molar-refractivity contribution in [3.63, 3.8) is 0 Å². The Hall–Kier alpha value is -2.30. The molecule has 132 valence electrons. The Balaban J connectivity index is 1.71. The van der Waals surface area contributed by atoms with E-state index in [4.69, 9.17) is 0 Å². The molecule has 3 rings (SSSR count). The van der Waals surface area contributed by atoms with Crippen molar-refractivity contribution in [1.82, 2.24) is 4.90 Å². The van der Waals surface area contributed by atoms with Crippen molar-refractivity contribution in [2.24, 2.45) is 0 Å². The van der Waals surface area contributed by atoms with Crippen LogP contribution in [0.2, 0.25) is 0 Å². The molecule has 1 heterocycles. The van der Waals surface area contributed by atoms with Crippen LogP contribution in [0.4, 0.5) is 13.2 Å². The van der Waals surface area contributed by atoms with Crippen molar-refractivity contribution in [3.8, 4) is 0 Å². The van der Waals surface area contributed by atoms with Crippen LogP contribution in [0.25, 0.3) is 0 Å². The first-order valence-corrected chi connectivity index (χ1v) is 8.50. The molecule has 0 N–H and O–H groups in total. The second kappa shape index (κ2) is 7.72. The first-order chi connectivity index (χ1) is 12.0. The number of likely N-dealkylation sites (tertiary alicyclic amines) is 1. The van der Waals surface area contributed by atoms with Gasteiger partial charge in [0, 0.05) is 25.1 Å². The molecule has 1 aliphatic rings. The van der Waals surface area contributed by atoms with E-state index in [0.29, 0.717) is 13.1 Å². The molecule has 0 radical (unpaired) electrons. The number of hydrogen-bond acceptors (Lipinski definition) is 1. The molecule has 5 heteroatoms. The molecular weight excluding hydrogens is 327 g/mol. The van der Waals surface area contributed by atoms with Gasteiger partial charge in [-0.05, 0) is 42.2 Å². The zero-order valence-corrected chi connectivity index (χ0v) is 13.9. The fourth-order valence-corrected chi connectivity index (χ4v) is 3.32. The lowest BCUT2D eigenvalue weighted by molar-refractivity contribution is -0.130. The maximum absolute atomic E-state index is 13.8. The van der Waals surface area contributed by atoms with Gasteiger partial charge < -0.3 is 4.90 Å². The largest absolute Gasteiger partial charge is 0.342 e. The number of halogens is 3. The number of hydrogen-bond donors (Lipinski definition) is 0. The Bertz CT molecular complexity index is 745. The predicted octanol–water partition coefficient (Wildman–Crippen LogP) is 4.44. The van der Waals surface area contributed by atoms with E-state index in [2.05, 4.69) is 0 Å². The van der Waals surface area contributed by atoms with E-state index in [-0.39, 0.29) is 29.6 Å². The van der Waals surface area contributed by atoms with E-state index in [0.717, 1.165) is 37.0 Å². The lowest BCUT2D eigenvalue weighted by Crippen LogP contribution is -2.35. The van der Waals surface area contributed by atoms with Crippen molar-refractivity contribution in [1.29, 1.82) is 0 Å². The van der Waals surface area contributed by atoms with Crippen molar-refractivity contribution < 1.29 is 18.0 Å². The molecule has 1 amide bonds. The highest BCUT2D eigenvalue weighted by atomic mass is 19.1. The van der Waals surface area contributed by atoms with Gasteiger partial charge in [-0.25, -0.2) is 13.2 Å². The zero-order chi connectivity index (χ0) is 17.8.